The third-order valence-electron chi connectivity index (χ3n) is 6.14. The number of hydrogen-bond donors (Lipinski definition) is 0. The molecule has 0 bridgehead atoms. The summed E-state index contributed by atoms with van der Waals surface area (Å²) in [6.07, 6.45) is 1.58. The third-order valence-corrected chi connectivity index (χ3v) is 6.14. The summed E-state index contributed by atoms with van der Waals surface area (Å²) in [7, 11) is 0. The fraction of sp³-hybridized carbons (Fsp3) is 0.643. The molecule has 0 aliphatic carbocycles. The molecule has 0 spiro atoms. The monoisotopic (exact) mass is 444 g/mol. The molecule has 0 aliphatic rings. The first-order chi connectivity index (χ1) is 14.4. The van der Waals surface area contributed by atoms with Crippen LogP contribution in [0.4, 0.5) is 0 Å². The van der Waals surface area contributed by atoms with Crippen molar-refractivity contribution in [3.05, 3.63) is 48.6 Å². The Kier molecular flexibility index (Phi) is 9.21. The first kappa shape index (κ1) is 28.3. The SMILES string of the molecule is C=CCC(COC(C)(C)C(C)(C)C(=O)C(OC(C)(C)C)c1ccccc1)C(=O)C(C)(C)C. The summed E-state index contributed by atoms with van der Waals surface area (Å²) in [4.78, 5) is 26.8. The van der Waals surface area contributed by atoms with Crippen molar-refractivity contribution in [2.75, 3.05) is 6.61 Å². The minimum absolute atomic E-state index is 0.0500. The average molecular weight is 445 g/mol. The van der Waals surface area contributed by atoms with Crippen molar-refractivity contribution in [1.82, 2.24) is 0 Å². The zero-order chi connectivity index (χ0) is 25.0. The molecule has 2 atom stereocenters. The number of carbonyl (C=O) groups excluding carboxylic acids is 2. The van der Waals surface area contributed by atoms with Crippen molar-refractivity contribution in [2.24, 2.45) is 16.7 Å². The highest BCUT2D eigenvalue weighted by Gasteiger charge is 2.48. The molecule has 4 heteroatoms. The molecule has 0 saturated heterocycles. The summed E-state index contributed by atoms with van der Waals surface area (Å²) in [6, 6.07) is 9.58. The van der Waals surface area contributed by atoms with Gasteiger partial charge in [0.25, 0.3) is 0 Å². The van der Waals surface area contributed by atoms with Crippen molar-refractivity contribution >= 4 is 11.6 Å². The molecule has 1 aromatic carbocycles. The van der Waals surface area contributed by atoms with Gasteiger partial charge in [-0.3, -0.25) is 9.59 Å². The average Bonchev–Trinajstić information content (AvgIpc) is 2.67. The molecular formula is C28H44O4. The highest BCUT2D eigenvalue weighted by molar-refractivity contribution is 5.90. The molecule has 0 fully saturated rings. The second kappa shape index (κ2) is 10.4. The van der Waals surface area contributed by atoms with E-state index in [0.717, 1.165) is 5.56 Å². The highest BCUT2D eigenvalue weighted by atomic mass is 16.5. The van der Waals surface area contributed by atoms with E-state index >= 15 is 0 Å². The Hall–Kier alpha value is -1.78. The molecule has 0 aromatic heterocycles. The number of rotatable bonds is 11. The minimum Gasteiger partial charge on any atom is -0.374 e. The van der Waals surface area contributed by atoms with Gasteiger partial charge >= 0.3 is 0 Å². The molecular weight excluding hydrogens is 400 g/mol. The Balaban J connectivity index is 3.18. The second-order valence-corrected chi connectivity index (χ2v) is 11.7. The number of ketones is 2. The Labute approximate surface area is 195 Å². The van der Waals surface area contributed by atoms with Gasteiger partial charge in [0.1, 0.15) is 11.9 Å². The first-order valence-electron chi connectivity index (χ1n) is 11.5. The van der Waals surface area contributed by atoms with Crippen LogP contribution in [-0.4, -0.2) is 29.4 Å². The summed E-state index contributed by atoms with van der Waals surface area (Å²) in [5.74, 6) is -0.213. The molecule has 180 valence electrons. The summed E-state index contributed by atoms with van der Waals surface area (Å²) in [5, 5.41) is 0. The molecule has 1 aromatic rings. The molecule has 2 unspecified atom stereocenters. The van der Waals surface area contributed by atoms with Crippen LogP contribution in [0, 0.1) is 16.7 Å². The molecule has 0 radical (unpaired) electrons. The number of benzene rings is 1. The molecule has 0 aliphatic heterocycles. The van der Waals surface area contributed by atoms with Gasteiger partial charge in [0.2, 0.25) is 0 Å². The smallest absolute Gasteiger partial charge is 0.174 e. The number of hydrogen-bond acceptors (Lipinski definition) is 4. The summed E-state index contributed by atoms with van der Waals surface area (Å²) in [6.45, 7) is 23.2. The molecule has 4 nitrogen and oxygen atoms in total. The number of allylic oxidation sites excluding steroid dienone is 1. The Morgan fingerprint density at radius 2 is 1.44 bits per heavy atom. The van der Waals surface area contributed by atoms with E-state index in [1.165, 1.54) is 0 Å². The van der Waals surface area contributed by atoms with Gasteiger partial charge in [-0.15, -0.1) is 6.58 Å². The summed E-state index contributed by atoms with van der Waals surface area (Å²) < 4.78 is 12.6. The molecule has 0 amide bonds. The van der Waals surface area contributed by atoms with E-state index in [4.69, 9.17) is 9.47 Å². The maximum Gasteiger partial charge on any atom is 0.174 e. The molecule has 0 N–H and O–H groups in total. The zero-order valence-corrected chi connectivity index (χ0v) is 21.9. The normalized spacial score (nSPS) is 15.2. The van der Waals surface area contributed by atoms with E-state index in [2.05, 4.69) is 6.58 Å². The van der Waals surface area contributed by atoms with Gasteiger partial charge in [-0.1, -0.05) is 71.0 Å². The summed E-state index contributed by atoms with van der Waals surface area (Å²) >= 11 is 0. The lowest BCUT2D eigenvalue weighted by Crippen LogP contribution is -2.51. The fourth-order valence-electron chi connectivity index (χ4n) is 3.43. The van der Waals surface area contributed by atoms with Crippen molar-refractivity contribution in [2.45, 2.75) is 93.0 Å². The minimum atomic E-state index is -0.873. The van der Waals surface area contributed by atoms with Crippen LogP contribution in [0.15, 0.2) is 43.0 Å². The van der Waals surface area contributed by atoms with Crippen molar-refractivity contribution in [1.29, 1.82) is 0 Å². The van der Waals surface area contributed by atoms with Crippen molar-refractivity contribution in [3.63, 3.8) is 0 Å². The van der Waals surface area contributed by atoms with Crippen LogP contribution in [0.25, 0.3) is 0 Å². The van der Waals surface area contributed by atoms with E-state index in [1.807, 2.05) is 99.6 Å². The van der Waals surface area contributed by atoms with Gasteiger partial charge in [0.05, 0.1) is 23.2 Å². The van der Waals surface area contributed by atoms with E-state index in [-0.39, 0.29) is 24.1 Å². The third kappa shape index (κ3) is 7.38. The van der Waals surface area contributed by atoms with Crippen LogP contribution in [0.1, 0.15) is 87.3 Å². The van der Waals surface area contributed by atoms with Crippen LogP contribution < -0.4 is 0 Å². The predicted octanol–water partition coefficient (Wildman–Crippen LogP) is 6.74. The Morgan fingerprint density at radius 1 is 0.906 bits per heavy atom. The number of carbonyl (C=O) groups is 2. The first-order valence-corrected chi connectivity index (χ1v) is 11.5. The van der Waals surface area contributed by atoms with Gasteiger partial charge in [0.15, 0.2) is 5.78 Å². The number of ether oxygens (including phenoxy) is 2. The standard InChI is InChI=1S/C28H44O4/c1-12-16-21(23(29)25(2,3)4)19-31-28(10,11)27(8,9)24(30)22(32-26(5,6)7)20-17-14-13-15-18-20/h12-15,17-18,21-22H,1,16,19H2,2-11H3. The van der Waals surface area contributed by atoms with Crippen molar-refractivity contribution in [3.8, 4) is 0 Å². The lowest BCUT2D eigenvalue weighted by atomic mass is 9.71. The van der Waals surface area contributed by atoms with Gasteiger partial charge in [-0.05, 0) is 46.6 Å². The quantitative estimate of drug-likeness (QED) is 0.355. The zero-order valence-electron chi connectivity index (χ0n) is 21.9. The summed E-state index contributed by atoms with van der Waals surface area (Å²) in [5.41, 5.74) is -1.83. The lowest BCUT2D eigenvalue weighted by molar-refractivity contribution is -0.171. The van der Waals surface area contributed by atoms with E-state index in [1.54, 1.807) is 6.08 Å². The van der Waals surface area contributed by atoms with Gasteiger partial charge < -0.3 is 9.47 Å². The van der Waals surface area contributed by atoms with Crippen LogP contribution in [0.5, 0.6) is 0 Å². The van der Waals surface area contributed by atoms with E-state index in [9.17, 15) is 9.59 Å². The van der Waals surface area contributed by atoms with Crippen LogP contribution in [-0.2, 0) is 19.1 Å². The number of Topliss-reactive ketones (excluding diaryl/α,β-unsaturated/α-hetero) is 2. The van der Waals surface area contributed by atoms with Gasteiger partial charge in [0, 0.05) is 11.3 Å². The van der Waals surface area contributed by atoms with E-state index in [0.29, 0.717) is 6.42 Å². The van der Waals surface area contributed by atoms with Crippen molar-refractivity contribution < 1.29 is 19.1 Å². The Bertz CT molecular complexity index is 776. The molecule has 0 heterocycles. The maximum atomic E-state index is 13.9. The molecule has 32 heavy (non-hydrogen) atoms. The largest absolute Gasteiger partial charge is 0.374 e. The lowest BCUT2D eigenvalue weighted by Gasteiger charge is -2.43. The van der Waals surface area contributed by atoms with Crippen LogP contribution in [0.2, 0.25) is 0 Å². The van der Waals surface area contributed by atoms with Crippen LogP contribution >= 0.6 is 0 Å². The fourth-order valence-corrected chi connectivity index (χ4v) is 3.43. The second-order valence-electron chi connectivity index (χ2n) is 11.7. The van der Waals surface area contributed by atoms with Crippen LogP contribution in [0.3, 0.4) is 0 Å². The van der Waals surface area contributed by atoms with Gasteiger partial charge in [-0.2, -0.15) is 0 Å². The maximum absolute atomic E-state index is 13.9. The molecule has 0 saturated carbocycles. The predicted molar refractivity (Wildman–Crippen MR) is 132 cm³/mol. The van der Waals surface area contributed by atoms with E-state index < -0.39 is 28.1 Å². The molecule has 1 rings (SSSR count). The Morgan fingerprint density at radius 3 is 1.88 bits per heavy atom. The highest BCUT2D eigenvalue weighted by Crippen LogP contribution is 2.41. The van der Waals surface area contributed by atoms with Gasteiger partial charge in [-0.25, -0.2) is 0 Å². The topological polar surface area (TPSA) is 52.6 Å².